The maximum Gasteiger partial charge on any atom is 0.252 e. The van der Waals surface area contributed by atoms with Crippen molar-refractivity contribution in [3.8, 4) is 11.5 Å². The highest BCUT2D eigenvalue weighted by Gasteiger charge is 2.15. The van der Waals surface area contributed by atoms with Gasteiger partial charge in [-0.3, -0.25) is 4.79 Å². The summed E-state index contributed by atoms with van der Waals surface area (Å²) in [6.07, 6.45) is 0. The zero-order valence-electron chi connectivity index (χ0n) is 13.8. The lowest BCUT2D eigenvalue weighted by Gasteiger charge is -2.17. The number of ether oxygens (including phenoxy) is 2. The van der Waals surface area contributed by atoms with E-state index in [1.54, 1.807) is 26.4 Å². The third-order valence-electron chi connectivity index (χ3n) is 3.76. The van der Waals surface area contributed by atoms with E-state index < -0.39 is 0 Å². The van der Waals surface area contributed by atoms with Gasteiger partial charge in [0, 0.05) is 11.3 Å². The van der Waals surface area contributed by atoms with Crippen LogP contribution >= 0.6 is 0 Å². The molecule has 2 aromatic rings. The number of carbonyl (C=O) groups excluding carboxylic acids is 1. The van der Waals surface area contributed by atoms with Crippen LogP contribution < -0.4 is 20.5 Å². The molecule has 2 rings (SSSR count). The molecule has 3 N–H and O–H groups in total. The summed E-state index contributed by atoms with van der Waals surface area (Å²) in [6, 6.07) is 10.7. The Morgan fingerprint density at radius 3 is 2.43 bits per heavy atom. The van der Waals surface area contributed by atoms with E-state index in [0.717, 1.165) is 11.1 Å². The fraction of sp³-hybridized carbons (Fsp3) is 0.278. The van der Waals surface area contributed by atoms with Gasteiger partial charge in [0.1, 0.15) is 0 Å². The monoisotopic (exact) mass is 314 g/mol. The molecule has 0 aliphatic heterocycles. The molecule has 5 heteroatoms. The van der Waals surface area contributed by atoms with Gasteiger partial charge in [-0.15, -0.1) is 0 Å². The largest absolute Gasteiger partial charge is 0.493 e. The Labute approximate surface area is 136 Å². The summed E-state index contributed by atoms with van der Waals surface area (Å²) in [5.74, 6) is 1.13. The second kappa shape index (κ2) is 7.05. The maximum absolute atomic E-state index is 12.5. The molecule has 0 aliphatic carbocycles. The molecule has 2 aromatic carbocycles. The van der Waals surface area contributed by atoms with Gasteiger partial charge < -0.3 is 20.5 Å². The number of nitrogens with two attached hydrogens (primary N) is 1. The van der Waals surface area contributed by atoms with Crippen LogP contribution in [-0.4, -0.2) is 20.1 Å². The predicted molar refractivity (Wildman–Crippen MR) is 91.0 cm³/mol. The topological polar surface area (TPSA) is 73.6 Å². The second-order valence-corrected chi connectivity index (χ2v) is 5.38. The number of aryl methyl sites for hydroxylation is 1. The number of hydrogen-bond acceptors (Lipinski definition) is 4. The Hall–Kier alpha value is -2.69. The Morgan fingerprint density at radius 1 is 1.09 bits per heavy atom. The number of rotatable bonds is 5. The molecule has 1 atom stereocenters. The predicted octanol–water partition coefficient (Wildman–Crippen LogP) is 3.09. The normalized spacial score (nSPS) is 11.7. The third kappa shape index (κ3) is 3.74. The summed E-state index contributed by atoms with van der Waals surface area (Å²) in [5.41, 5.74) is 8.73. The minimum absolute atomic E-state index is 0.155. The number of methoxy groups -OCH3 is 2. The molecule has 0 bridgehead atoms. The summed E-state index contributed by atoms with van der Waals surface area (Å²) < 4.78 is 10.5. The molecule has 0 heterocycles. The molecule has 0 aromatic heterocycles. The van der Waals surface area contributed by atoms with Gasteiger partial charge >= 0.3 is 0 Å². The van der Waals surface area contributed by atoms with E-state index in [4.69, 9.17) is 15.2 Å². The molecule has 1 amide bonds. The molecular formula is C18H22N2O3. The molecule has 0 radical (unpaired) electrons. The van der Waals surface area contributed by atoms with Crippen molar-refractivity contribution in [3.05, 3.63) is 53.1 Å². The lowest BCUT2D eigenvalue weighted by atomic mass is 10.0. The van der Waals surface area contributed by atoms with Crippen LogP contribution in [-0.2, 0) is 0 Å². The Morgan fingerprint density at radius 2 is 1.78 bits per heavy atom. The van der Waals surface area contributed by atoms with Crippen LogP contribution in [0.4, 0.5) is 5.69 Å². The van der Waals surface area contributed by atoms with Crippen LogP contribution in [0.15, 0.2) is 36.4 Å². The fourth-order valence-corrected chi connectivity index (χ4v) is 2.36. The van der Waals surface area contributed by atoms with Crippen molar-refractivity contribution >= 4 is 11.6 Å². The number of amides is 1. The highest BCUT2D eigenvalue weighted by atomic mass is 16.5. The molecule has 5 nitrogen and oxygen atoms in total. The van der Waals surface area contributed by atoms with Gasteiger partial charge in [0.15, 0.2) is 11.5 Å². The van der Waals surface area contributed by atoms with E-state index in [1.807, 2.05) is 38.1 Å². The van der Waals surface area contributed by atoms with Gasteiger partial charge in [-0.25, -0.2) is 0 Å². The van der Waals surface area contributed by atoms with Crippen molar-refractivity contribution in [2.24, 2.45) is 0 Å². The van der Waals surface area contributed by atoms with Crippen molar-refractivity contribution in [3.63, 3.8) is 0 Å². The zero-order valence-corrected chi connectivity index (χ0v) is 13.8. The summed E-state index contributed by atoms with van der Waals surface area (Å²) in [7, 11) is 3.17. The van der Waals surface area contributed by atoms with E-state index in [-0.39, 0.29) is 11.9 Å². The van der Waals surface area contributed by atoms with Gasteiger partial charge in [0.05, 0.1) is 20.3 Å². The SMILES string of the molecule is COc1ccc(C(C)NC(=O)c2cc(N)ccc2C)cc1OC. The van der Waals surface area contributed by atoms with Gasteiger partial charge in [0.25, 0.3) is 5.91 Å². The summed E-state index contributed by atoms with van der Waals surface area (Å²) in [4.78, 5) is 12.5. The quantitative estimate of drug-likeness (QED) is 0.832. The van der Waals surface area contributed by atoms with Crippen molar-refractivity contribution in [1.29, 1.82) is 0 Å². The third-order valence-corrected chi connectivity index (χ3v) is 3.76. The Balaban J connectivity index is 2.19. The molecule has 23 heavy (non-hydrogen) atoms. The fourth-order valence-electron chi connectivity index (χ4n) is 2.36. The van der Waals surface area contributed by atoms with E-state index in [2.05, 4.69) is 5.32 Å². The van der Waals surface area contributed by atoms with Crippen LogP contribution in [0.3, 0.4) is 0 Å². The van der Waals surface area contributed by atoms with E-state index in [1.165, 1.54) is 0 Å². The molecule has 1 unspecified atom stereocenters. The van der Waals surface area contributed by atoms with Gasteiger partial charge in [-0.05, 0) is 49.2 Å². The standard InChI is InChI=1S/C18H22N2O3/c1-11-5-7-14(19)10-15(11)18(21)20-12(2)13-6-8-16(22-3)17(9-13)23-4/h5-10,12H,19H2,1-4H3,(H,20,21). The number of carbonyl (C=O) groups is 1. The van der Waals surface area contributed by atoms with Crippen molar-refractivity contribution in [2.45, 2.75) is 19.9 Å². The average molecular weight is 314 g/mol. The molecule has 0 saturated carbocycles. The first kappa shape index (κ1) is 16.7. The van der Waals surface area contributed by atoms with Crippen LogP contribution in [0, 0.1) is 6.92 Å². The smallest absolute Gasteiger partial charge is 0.252 e. The molecular weight excluding hydrogens is 292 g/mol. The molecule has 0 spiro atoms. The summed E-state index contributed by atoms with van der Waals surface area (Å²) >= 11 is 0. The van der Waals surface area contributed by atoms with E-state index in [9.17, 15) is 4.79 Å². The average Bonchev–Trinajstić information content (AvgIpc) is 2.56. The number of hydrogen-bond donors (Lipinski definition) is 2. The Bertz CT molecular complexity index is 713. The first-order valence-corrected chi connectivity index (χ1v) is 7.35. The van der Waals surface area contributed by atoms with Gasteiger partial charge in [-0.1, -0.05) is 12.1 Å². The maximum atomic E-state index is 12.5. The molecule has 122 valence electrons. The number of benzene rings is 2. The number of anilines is 1. The summed E-state index contributed by atoms with van der Waals surface area (Å²) in [5, 5.41) is 2.98. The summed E-state index contributed by atoms with van der Waals surface area (Å²) in [6.45, 7) is 3.80. The first-order chi connectivity index (χ1) is 11.0. The zero-order chi connectivity index (χ0) is 17.0. The lowest BCUT2D eigenvalue weighted by Crippen LogP contribution is -2.27. The van der Waals surface area contributed by atoms with Gasteiger partial charge in [-0.2, -0.15) is 0 Å². The molecule has 0 saturated heterocycles. The van der Waals surface area contributed by atoms with E-state index >= 15 is 0 Å². The minimum Gasteiger partial charge on any atom is -0.493 e. The number of nitrogen functional groups attached to an aromatic ring is 1. The highest BCUT2D eigenvalue weighted by Crippen LogP contribution is 2.30. The van der Waals surface area contributed by atoms with Crippen molar-refractivity contribution in [2.75, 3.05) is 20.0 Å². The first-order valence-electron chi connectivity index (χ1n) is 7.35. The van der Waals surface area contributed by atoms with Gasteiger partial charge in [0.2, 0.25) is 0 Å². The molecule has 0 aliphatic rings. The lowest BCUT2D eigenvalue weighted by molar-refractivity contribution is 0.0939. The van der Waals surface area contributed by atoms with Crippen LogP contribution in [0.25, 0.3) is 0 Å². The van der Waals surface area contributed by atoms with Crippen LogP contribution in [0.2, 0.25) is 0 Å². The highest BCUT2D eigenvalue weighted by molar-refractivity contribution is 5.96. The Kier molecular flexibility index (Phi) is 5.11. The van der Waals surface area contributed by atoms with Crippen LogP contribution in [0.1, 0.15) is 34.5 Å². The second-order valence-electron chi connectivity index (χ2n) is 5.38. The van der Waals surface area contributed by atoms with Crippen molar-refractivity contribution < 1.29 is 14.3 Å². The van der Waals surface area contributed by atoms with Crippen LogP contribution in [0.5, 0.6) is 11.5 Å². The van der Waals surface area contributed by atoms with Crippen molar-refractivity contribution in [1.82, 2.24) is 5.32 Å². The molecule has 0 fully saturated rings. The number of nitrogens with one attached hydrogen (secondary N) is 1. The van der Waals surface area contributed by atoms with E-state index in [0.29, 0.717) is 22.7 Å². The minimum atomic E-state index is -0.178.